The van der Waals surface area contributed by atoms with E-state index in [9.17, 15) is 9.18 Å². The lowest BCUT2D eigenvalue weighted by Crippen LogP contribution is -2.49. The van der Waals surface area contributed by atoms with Crippen LogP contribution >= 0.6 is 0 Å². The number of piperazine rings is 1. The third kappa shape index (κ3) is 5.14. The average molecular weight is 397 g/mol. The Labute approximate surface area is 171 Å². The first-order valence-electron chi connectivity index (χ1n) is 10.4. The maximum absolute atomic E-state index is 13.1. The van der Waals surface area contributed by atoms with Crippen molar-refractivity contribution in [2.24, 2.45) is 0 Å². The largest absolute Gasteiger partial charge is 0.371 e. The number of ether oxygens (including phenoxy) is 1. The molecule has 2 saturated heterocycles. The Hall–Kier alpha value is -2.44. The first-order valence-corrected chi connectivity index (χ1v) is 10.4. The Morgan fingerprint density at radius 1 is 0.966 bits per heavy atom. The number of amides is 1. The smallest absolute Gasteiger partial charge is 0.223 e. The normalized spacial score (nSPS) is 20.7. The van der Waals surface area contributed by atoms with E-state index in [-0.39, 0.29) is 17.8 Å². The highest BCUT2D eigenvalue weighted by molar-refractivity contribution is 5.76. The van der Waals surface area contributed by atoms with E-state index in [0.717, 1.165) is 38.4 Å². The van der Waals surface area contributed by atoms with Gasteiger partial charge in [0.15, 0.2) is 0 Å². The van der Waals surface area contributed by atoms with Gasteiger partial charge in [-0.3, -0.25) is 9.69 Å². The van der Waals surface area contributed by atoms with E-state index >= 15 is 0 Å². The fourth-order valence-corrected chi connectivity index (χ4v) is 4.05. The molecular weight excluding hydrogens is 369 g/mol. The van der Waals surface area contributed by atoms with Gasteiger partial charge in [-0.15, -0.1) is 0 Å². The zero-order valence-electron chi connectivity index (χ0n) is 16.7. The van der Waals surface area contributed by atoms with Crippen LogP contribution in [0.2, 0.25) is 0 Å². The summed E-state index contributed by atoms with van der Waals surface area (Å²) < 4.78 is 19.0. The first kappa shape index (κ1) is 19.9. The number of anilines is 1. The number of carbonyl (C=O) groups excluding carboxylic acids is 1. The summed E-state index contributed by atoms with van der Waals surface area (Å²) in [6.45, 7) is 6.16. The highest BCUT2D eigenvalue weighted by Gasteiger charge is 2.25. The third-order valence-corrected chi connectivity index (χ3v) is 5.79. The van der Waals surface area contributed by atoms with Gasteiger partial charge >= 0.3 is 0 Å². The molecule has 6 heteroatoms. The summed E-state index contributed by atoms with van der Waals surface area (Å²) in [6.07, 6.45) is 0.622. The van der Waals surface area contributed by atoms with Crippen molar-refractivity contribution in [3.05, 3.63) is 66.0 Å². The van der Waals surface area contributed by atoms with E-state index in [1.165, 1.54) is 17.7 Å². The molecule has 4 rings (SSSR count). The van der Waals surface area contributed by atoms with Crippen LogP contribution in [0, 0.1) is 5.82 Å². The first-order chi connectivity index (χ1) is 14.2. The van der Waals surface area contributed by atoms with Gasteiger partial charge in [0.1, 0.15) is 5.82 Å². The van der Waals surface area contributed by atoms with Gasteiger partial charge < -0.3 is 14.5 Å². The molecule has 0 N–H and O–H groups in total. The number of halogens is 1. The molecule has 0 bridgehead atoms. The van der Waals surface area contributed by atoms with Crippen LogP contribution in [0.3, 0.4) is 0 Å². The van der Waals surface area contributed by atoms with Gasteiger partial charge in [0, 0.05) is 57.9 Å². The van der Waals surface area contributed by atoms with Crippen LogP contribution in [0.4, 0.5) is 10.1 Å². The molecule has 1 amide bonds. The molecule has 2 aliphatic rings. The zero-order chi connectivity index (χ0) is 20.1. The van der Waals surface area contributed by atoms with Gasteiger partial charge in [0.05, 0.1) is 12.7 Å². The second-order valence-corrected chi connectivity index (χ2v) is 7.66. The van der Waals surface area contributed by atoms with Gasteiger partial charge in [0.2, 0.25) is 5.91 Å². The van der Waals surface area contributed by atoms with Crippen LogP contribution in [-0.4, -0.2) is 68.1 Å². The van der Waals surface area contributed by atoms with Crippen LogP contribution < -0.4 is 4.90 Å². The van der Waals surface area contributed by atoms with Crippen molar-refractivity contribution in [2.45, 2.75) is 12.5 Å². The molecule has 0 aliphatic carbocycles. The van der Waals surface area contributed by atoms with E-state index in [1.54, 1.807) is 12.1 Å². The molecule has 0 radical (unpaired) electrons. The predicted octanol–water partition coefficient (Wildman–Crippen LogP) is 2.94. The number of carbonyl (C=O) groups is 1. The number of morpholine rings is 1. The van der Waals surface area contributed by atoms with E-state index in [2.05, 4.69) is 21.9 Å². The molecule has 2 aromatic rings. The van der Waals surface area contributed by atoms with E-state index in [4.69, 9.17) is 4.74 Å². The van der Waals surface area contributed by atoms with E-state index < -0.39 is 0 Å². The fraction of sp³-hybridized carbons (Fsp3) is 0.435. The van der Waals surface area contributed by atoms with Gasteiger partial charge in [-0.1, -0.05) is 30.3 Å². The van der Waals surface area contributed by atoms with Crippen molar-refractivity contribution >= 4 is 11.6 Å². The fourth-order valence-electron chi connectivity index (χ4n) is 4.05. The van der Waals surface area contributed by atoms with Gasteiger partial charge in [-0.2, -0.15) is 0 Å². The summed E-state index contributed by atoms with van der Waals surface area (Å²) in [7, 11) is 0. The van der Waals surface area contributed by atoms with Crippen LogP contribution in [0.25, 0.3) is 0 Å². The topological polar surface area (TPSA) is 36.0 Å². The van der Waals surface area contributed by atoms with Crippen molar-refractivity contribution in [1.29, 1.82) is 0 Å². The molecule has 2 fully saturated rings. The van der Waals surface area contributed by atoms with Crippen LogP contribution in [0.15, 0.2) is 54.6 Å². The third-order valence-electron chi connectivity index (χ3n) is 5.79. The minimum absolute atomic E-state index is 0.0827. The van der Waals surface area contributed by atoms with Crippen LogP contribution in [0.5, 0.6) is 0 Å². The summed E-state index contributed by atoms with van der Waals surface area (Å²) >= 11 is 0. The summed E-state index contributed by atoms with van der Waals surface area (Å²) in [5, 5.41) is 0. The summed E-state index contributed by atoms with van der Waals surface area (Å²) in [6, 6.07) is 16.8. The van der Waals surface area contributed by atoms with Crippen molar-refractivity contribution in [2.75, 3.05) is 57.3 Å². The Kier molecular flexibility index (Phi) is 6.42. The number of hydrogen-bond donors (Lipinski definition) is 0. The molecule has 2 aliphatic heterocycles. The predicted molar refractivity (Wildman–Crippen MR) is 111 cm³/mol. The lowest BCUT2D eigenvalue weighted by Gasteiger charge is -2.37. The zero-order valence-corrected chi connectivity index (χ0v) is 16.7. The van der Waals surface area contributed by atoms with Gasteiger partial charge in [0.25, 0.3) is 0 Å². The van der Waals surface area contributed by atoms with Gasteiger partial charge in [-0.25, -0.2) is 4.39 Å². The maximum Gasteiger partial charge on any atom is 0.223 e. The molecule has 5 nitrogen and oxygen atoms in total. The highest BCUT2D eigenvalue weighted by Crippen LogP contribution is 2.22. The lowest BCUT2D eigenvalue weighted by molar-refractivity contribution is -0.132. The Balaban J connectivity index is 1.22. The molecular formula is C23H28FN3O2. The maximum atomic E-state index is 13.1. The summed E-state index contributed by atoms with van der Waals surface area (Å²) in [5.41, 5.74) is 2.21. The number of rotatable bonds is 5. The summed E-state index contributed by atoms with van der Waals surface area (Å²) in [4.78, 5) is 19.2. The molecule has 1 atom stereocenters. The minimum atomic E-state index is -0.222. The number of nitrogens with zero attached hydrogens (tertiary/aromatic N) is 3. The minimum Gasteiger partial charge on any atom is -0.371 e. The Bertz CT molecular complexity index is 792. The van der Waals surface area contributed by atoms with Crippen molar-refractivity contribution in [1.82, 2.24) is 9.80 Å². The molecule has 154 valence electrons. The van der Waals surface area contributed by atoms with Crippen molar-refractivity contribution < 1.29 is 13.9 Å². The molecule has 1 unspecified atom stereocenters. The van der Waals surface area contributed by atoms with Gasteiger partial charge in [-0.05, 0) is 29.8 Å². The molecule has 29 heavy (non-hydrogen) atoms. The quantitative estimate of drug-likeness (QED) is 0.777. The molecule has 2 heterocycles. The molecule has 0 aromatic heterocycles. The Morgan fingerprint density at radius 3 is 2.41 bits per heavy atom. The SMILES string of the molecule is O=C(CCN1CCOC(c2ccccc2)C1)N1CCN(c2ccc(F)cc2)CC1. The lowest BCUT2D eigenvalue weighted by atomic mass is 10.1. The molecule has 0 saturated carbocycles. The Morgan fingerprint density at radius 2 is 1.69 bits per heavy atom. The highest BCUT2D eigenvalue weighted by atomic mass is 19.1. The second-order valence-electron chi connectivity index (χ2n) is 7.66. The molecule has 2 aromatic carbocycles. The summed E-state index contributed by atoms with van der Waals surface area (Å²) in [5.74, 6) is -0.00770. The monoisotopic (exact) mass is 397 g/mol. The molecule has 0 spiro atoms. The number of benzene rings is 2. The standard InChI is InChI=1S/C23H28FN3O2/c24-20-6-8-21(9-7-20)26-12-14-27(15-13-26)23(28)10-11-25-16-17-29-22(18-25)19-4-2-1-3-5-19/h1-9,22H,10-18H2. The van der Waals surface area contributed by atoms with E-state index in [1.807, 2.05) is 23.1 Å². The van der Waals surface area contributed by atoms with Crippen LogP contribution in [0.1, 0.15) is 18.1 Å². The second kappa shape index (κ2) is 9.37. The average Bonchev–Trinajstić information content (AvgIpc) is 2.79. The van der Waals surface area contributed by atoms with E-state index in [0.29, 0.717) is 26.1 Å². The van der Waals surface area contributed by atoms with Crippen LogP contribution in [-0.2, 0) is 9.53 Å². The number of hydrogen-bond acceptors (Lipinski definition) is 4. The van der Waals surface area contributed by atoms with Crippen molar-refractivity contribution in [3.63, 3.8) is 0 Å². The van der Waals surface area contributed by atoms with Crippen molar-refractivity contribution in [3.8, 4) is 0 Å².